The summed E-state index contributed by atoms with van der Waals surface area (Å²) in [5.41, 5.74) is 3.61. The number of pyridine rings is 1. The van der Waals surface area contributed by atoms with Gasteiger partial charge in [0.25, 0.3) is 5.91 Å². The molecule has 0 aliphatic carbocycles. The number of fused-ring (bicyclic) bond motifs is 2. The van der Waals surface area contributed by atoms with Gasteiger partial charge in [-0.25, -0.2) is 4.98 Å². The van der Waals surface area contributed by atoms with Crippen LogP contribution in [-0.4, -0.2) is 30.1 Å². The minimum atomic E-state index is -0.254. The number of hydrogen-bond acceptors (Lipinski definition) is 4. The molecule has 5 nitrogen and oxygen atoms in total. The number of carbonyl (C=O) groups excluding carboxylic acids is 1. The van der Waals surface area contributed by atoms with Crippen molar-refractivity contribution < 1.29 is 9.53 Å². The summed E-state index contributed by atoms with van der Waals surface area (Å²) in [7, 11) is 1.66. The minimum Gasteiger partial charge on any atom is -0.497 e. The second kappa shape index (κ2) is 6.82. The maximum atomic E-state index is 12.3. The molecule has 5 heteroatoms. The third kappa shape index (κ3) is 3.52. The first-order valence-corrected chi connectivity index (χ1v) is 9.52. The van der Waals surface area contributed by atoms with Crippen LogP contribution < -0.4 is 15.0 Å². The zero-order valence-electron chi connectivity index (χ0n) is 16.7. The Hall–Kier alpha value is -3.08. The van der Waals surface area contributed by atoms with Crippen LogP contribution in [0.4, 0.5) is 11.5 Å². The van der Waals surface area contributed by atoms with Gasteiger partial charge < -0.3 is 15.0 Å². The summed E-state index contributed by atoms with van der Waals surface area (Å²) in [4.78, 5) is 19.5. The number of carbonyl (C=O) groups is 1. The van der Waals surface area contributed by atoms with E-state index in [0.29, 0.717) is 5.56 Å². The number of anilines is 2. The molecule has 2 heterocycles. The summed E-state index contributed by atoms with van der Waals surface area (Å²) >= 11 is 0. The number of aromatic nitrogens is 1. The molecule has 144 valence electrons. The number of benzene rings is 2. The summed E-state index contributed by atoms with van der Waals surface area (Å²) in [5, 5.41) is 4.12. The molecule has 4 rings (SSSR count). The summed E-state index contributed by atoms with van der Waals surface area (Å²) in [6, 6.07) is 15.9. The van der Waals surface area contributed by atoms with E-state index in [2.05, 4.69) is 16.3 Å². The SMILES string of the molecule is COc1ccc2cc3c(nc2c1)N(c1ccc(C(=O)NC(C)(C)C)cc1)CC3. The number of nitrogens with zero attached hydrogens (tertiary/aromatic N) is 2. The quantitative estimate of drug-likeness (QED) is 0.734. The molecule has 28 heavy (non-hydrogen) atoms. The largest absolute Gasteiger partial charge is 0.497 e. The fourth-order valence-electron chi connectivity index (χ4n) is 3.52. The third-order valence-corrected chi connectivity index (χ3v) is 4.87. The molecule has 0 spiro atoms. The van der Waals surface area contributed by atoms with E-state index in [4.69, 9.17) is 9.72 Å². The first-order chi connectivity index (χ1) is 13.3. The van der Waals surface area contributed by atoms with Crippen molar-refractivity contribution in [2.24, 2.45) is 0 Å². The molecule has 0 saturated carbocycles. The van der Waals surface area contributed by atoms with Gasteiger partial charge in [-0.1, -0.05) is 0 Å². The molecule has 2 aromatic carbocycles. The minimum absolute atomic E-state index is 0.0583. The average Bonchev–Trinajstić information content (AvgIpc) is 3.07. The first kappa shape index (κ1) is 18.3. The molecular formula is C23H25N3O2. The Balaban J connectivity index is 1.63. The smallest absolute Gasteiger partial charge is 0.251 e. The molecule has 1 aromatic heterocycles. The molecule has 0 bridgehead atoms. The zero-order valence-corrected chi connectivity index (χ0v) is 16.7. The summed E-state index contributed by atoms with van der Waals surface area (Å²) in [6.45, 7) is 6.81. The standard InChI is InChI=1S/C23H25N3O2/c1-23(2,3)25-22(27)15-5-8-18(9-6-15)26-12-11-17-13-16-7-10-19(28-4)14-20(16)24-21(17)26/h5-10,13-14H,11-12H2,1-4H3,(H,25,27). The van der Waals surface area contributed by atoms with Crippen molar-refractivity contribution in [3.63, 3.8) is 0 Å². The van der Waals surface area contributed by atoms with Crippen molar-refractivity contribution in [1.29, 1.82) is 0 Å². The van der Waals surface area contributed by atoms with Gasteiger partial charge in [-0.2, -0.15) is 0 Å². The van der Waals surface area contributed by atoms with Gasteiger partial charge in [0.05, 0.1) is 12.6 Å². The highest BCUT2D eigenvalue weighted by atomic mass is 16.5. The van der Waals surface area contributed by atoms with Crippen molar-refractivity contribution in [3.8, 4) is 5.75 Å². The molecule has 1 amide bonds. The van der Waals surface area contributed by atoms with Gasteiger partial charge in [-0.15, -0.1) is 0 Å². The van der Waals surface area contributed by atoms with Crippen molar-refractivity contribution in [3.05, 3.63) is 59.7 Å². The lowest BCUT2D eigenvalue weighted by atomic mass is 10.1. The summed E-state index contributed by atoms with van der Waals surface area (Å²) in [6.07, 6.45) is 0.955. The van der Waals surface area contributed by atoms with E-state index in [9.17, 15) is 4.79 Å². The molecule has 3 aromatic rings. The maximum absolute atomic E-state index is 12.3. The second-order valence-corrected chi connectivity index (χ2v) is 8.18. The Morgan fingerprint density at radius 3 is 2.54 bits per heavy atom. The maximum Gasteiger partial charge on any atom is 0.251 e. The third-order valence-electron chi connectivity index (χ3n) is 4.87. The van der Waals surface area contributed by atoms with E-state index in [-0.39, 0.29) is 11.4 Å². The van der Waals surface area contributed by atoms with Crippen LogP contribution in [-0.2, 0) is 6.42 Å². The van der Waals surface area contributed by atoms with Gasteiger partial charge in [0, 0.05) is 34.8 Å². The van der Waals surface area contributed by atoms with Crippen LogP contribution >= 0.6 is 0 Å². The molecular weight excluding hydrogens is 350 g/mol. The molecule has 0 atom stereocenters. The molecule has 0 fully saturated rings. The normalized spacial score (nSPS) is 13.5. The van der Waals surface area contributed by atoms with Crippen molar-refractivity contribution in [1.82, 2.24) is 10.3 Å². The van der Waals surface area contributed by atoms with E-state index in [1.165, 1.54) is 5.56 Å². The lowest BCUT2D eigenvalue weighted by Crippen LogP contribution is -2.40. The van der Waals surface area contributed by atoms with Crippen LogP contribution in [0.15, 0.2) is 48.5 Å². The molecule has 0 radical (unpaired) electrons. The lowest BCUT2D eigenvalue weighted by molar-refractivity contribution is 0.0919. The monoisotopic (exact) mass is 375 g/mol. The number of nitrogens with one attached hydrogen (secondary N) is 1. The Labute approximate surface area is 165 Å². The van der Waals surface area contributed by atoms with Crippen molar-refractivity contribution in [2.45, 2.75) is 32.7 Å². The highest BCUT2D eigenvalue weighted by Gasteiger charge is 2.23. The number of amides is 1. The lowest BCUT2D eigenvalue weighted by Gasteiger charge is -2.21. The number of rotatable bonds is 3. The molecule has 1 aliphatic rings. The Morgan fingerprint density at radius 2 is 1.86 bits per heavy atom. The first-order valence-electron chi connectivity index (χ1n) is 9.52. The fraction of sp³-hybridized carbons (Fsp3) is 0.304. The second-order valence-electron chi connectivity index (χ2n) is 8.18. The summed E-state index contributed by atoms with van der Waals surface area (Å²) < 4.78 is 5.33. The highest BCUT2D eigenvalue weighted by molar-refractivity contribution is 5.95. The number of hydrogen-bond donors (Lipinski definition) is 1. The highest BCUT2D eigenvalue weighted by Crippen LogP contribution is 2.35. The molecule has 0 saturated heterocycles. The van der Waals surface area contributed by atoms with Gasteiger partial charge in [0.2, 0.25) is 0 Å². The van der Waals surface area contributed by atoms with E-state index < -0.39 is 0 Å². The predicted octanol–water partition coefficient (Wildman–Crippen LogP) is 4.47. The van der Waals surface area contributed by atoms with Gasteiger partial charge in [0.15, 0.2) is 0 Å². The van der Waals surface area contributed by atoms with Crippen LogP contribution in [0, 0.1) is 0 Å². The van der Waals surface area contributed by atoms with E-state index in [1.807, 2.05) is 63.2 Å². The fourth-order valence-corrected chi connectivity index (χ4v) is 3.52. The van der Waals surface area contributed by atoms with Crippen LogP contribution in [0.5, 0.6) is 5.75 Å². The Morgan fingerprint density at radius 1 is 1.11 bits per heavy atom. The topological polar surface area (TPSA) is 54.5 Å². The van der Waals surface area contributed by atoms with Gasteiger partial charge in [0.1, 0.15) is 11.6 Å². The van der Waals surface area contributed by atoms with Crippen molar-refractivity contribution in [2.75, 3.05) is 18.6 Å². The zero-order chi connectivity index (χ0) is 19.9. The Bertz CT molecular complexity index is 1040. The number of ether oxygens (including phenoxy) is 1. The molecule has 1 aliphatic heterocycles. The van der Waals surface area contributed by atoms with Gasteiger partial charge >= 0.3 is 0 Å². The Kier molecular flexibility index (Phi) is 4.46. The van der Waals surface area contributed by atoms with Gasteiger partial charge in [-0.05, 0) is 75.2 Å². The van der Waals surface area contributed by atoms with Crippen LogP contribution in [0.3, 0.4) is 0 Å². The summed E-state index contributed by atoms with van der Waals surface area (Å²) in [5.74, 6) is 1.73. The number of methoxy groups -OCH3 is 1. The van der Waals surface area contributed by atoms with E-state index in [0.717, 1.165) is 41.1 Å². The van der Waals surface area contributed by atoms with Crippen LogP contribution in [0.2, 0.25) is 0 Å². The van der Waals surface area contributed by atoms with Gasteiger partial charge in [-0.3, -0.25) is 4.79 Å². The molecule has 0 unspecified atom stereocenters. The van der Waals surface area contributed by atoms with E-state index >= 15 is 0 Å². The van der Waals surface area contributed by atoms with Crippen molar-refractivity contribution >= 4 is 28.3 Å². The predicted molar refractivity (Wildman–Crippen MR) is 113 cm³/mol. The molecule has 1 N–H and O–H groups in total. The van der Waals surface area contributed by atoms with E-state index in [1.54, 1.807) is 7.11 Å². The average molecular weight is 375 g/mol. The van der Waals surface area contributed by atoms with Crippen LogP contribution in [0.25, 0.3) is 10.9 Å². The van der Waals surface area contributed by atoms with Crippen LogP contribution in [0.1, 0.15) is 36.7 Å².